The quantitative estimate of drug-likeness (QED) is 0.175. The molecule has 1 aromatic heterocycles. The number of aromatic nitrogens is 1. The van der Waals surface area contributed by atoms with E-state index in [1.54, 1.807) is 4.90 Å². The summed E-state index contributed by atoms with van der Waals surface area (Å²) in [5.74, 6) is 0.560. The lowest BCUT2D eigenvalue weighted by atomic mass is 10.0. The molecule has 2 saturated carbocycles. The van der Waals surface area contributed by atoms with Crippen LogP contribution in [-0.4, -0.2) is 47.7 Å². The zero-order valence-electron chi connectivity index (χ0n) is 21.4. The van der Waals surface area contributed by atoms with E-state index in [0.29, 0.717) is 53.0 Å². The van der Waals surface area contributed by atoms with Gasteiger partial charge in [-0.15, -0.1) is 11.8 Å². The van der Waals surface area contributed by atoms with E-state index >= 15 is 0 Å². The van der Waals surface area contributed by atoms with Gasteiger partial charge in [-0.05, 0) is 55.2 Å². The Bertz CT molecular complexity index is 1240. The number of halogens is 4. The summed E-state index contributed by atoms with van der Waals surface area (Å²) in [7, 11) is 0. The van der Waals surface area contributed by atoms with Gasteiger partial charge in [0.25, 0.3) is 0 Å². The molecular formula is C27H28Cl2F2N2O6S. The zero-order valence-corrected chi connectivity index (χ0v) is 23.7. The molecule has 2 aliphatic carbocycles. The first kappa shape index (κ1) is 29.0. The fourth-order valence-corrected chi connectivity index (χ4v) is 6.19. The Kier molecular flexibility index (Phi) is 9.11. The average molecular weight is 617 g/mol. The van der Waals surface area contributed by atoms with Crippen molar-refractivity contribution in [2.24, 2.45) is 11.8 Å². The van der Waals surface area contributed by atoms with Crippen LogP contribution in [0.15, 0.2) is 30.6 Å². The summed E-state index contributed by atoms with van der Waals surface area (Å²) in [5.41, 5.74) is 0.785. The molecule has 3 fully saturated rings. The zero-order chi connectivity index (χ0) is 28.4. The molecule has 1 aromatic carbocycles. The fourth-order valence-electron chi connectivity index (χ4n) is 4.47. The molecular weight excluding hydrogens is 589 g/mol. The summed E-state index contributed by atoms with van der Waals surface area (Å²) in [6.45, 7) is -2.27. The van der Waals surface area contributed by atoms with E-state index < -0.39 is 24.1 Å². The second-order valence-corrected chi connectivity index (χ2v) is 12.2. The molecule has 0 unspecified atom stereocenters. The Balaban J connectivity index is 1.43. The van der Waals surface area contributed by atoms with Crippen molar-refractivity contribution in [2.75, 3.05) is 18.9 Å². The van der Waals surface area contributed by atoms with Gasteiger partial charge in [-0.2, -0.15) is 13.5 Å². The molecule has 5 rings (SSSR count). The summed E-state index contributed by atoms with van der Waals surface area (Å²) >= 11 is 14.0. The number of hydrogen-bond acceptors (Lipinski definition) is 7. The molecule has 8 nitrogen and oxygen atoms in total. The average Bonchev–Trinajstić information content (AvgIpc) is 3.83. The van der Waals surface area contributed by atoms with Gasteiger partial charge in [0.15, 0.2) is 29.3 Å². The molecule has 0 bridgehead atoms. The topological polar surface area (TPSA) is 92.0 Å². The van der Waals surface area contributed by atoms with Crippen molar-refractivity contribution in [2.45, 2.75) is 56.6 Å². The number of nitrogens with zero attached hydrogens (tertiary/aromatic N) is 2. The van der Waals surface area contributed by atoms with Crippen molar-refractivity contribution in [1.82, 2.24) is 4.90 Å². The number of thioether (sulfide) groups is 1. The highest BCUT2D eigenvalue weighted by atomic mass is 35.5. The Morgan fingerprint density at radius 3 is 2.45 bits per heavy atom. The van der Waals surface area contributed by atoms with Gasteiger partial charge in [-0.25, -0.2) is 4.79 Å². The minimum Gasteiger partial charge on any atom is -0.619 e. The molecule has 2 aromatic rings. The van der Waals surface area contributed by atoms with Crippen LogP contribution in [0, 0.1) is 17.0 Å². The highest BCUT2D eigenvalue weighted by Gasteiger charge is 2.39. The Morgan fingerprint density at radius 1 is 1.10 bits per heavy atom. The number of alkyl halides is 2. The molecule has 40 heavy (non-hydrogen) atoms. The first-order valence-corrected chi connectivity index (χ1v) is 14.9. The van der Waals surface area contributed by atoms with E-state index in [-0.39, 0.29) is 33.9 Å². The van der Waals surface area contributed by atoms with Gasteiger partial charge in [-0.1, -0.05) is 29.3 Å². The van der Waals surface area contributed by atoms with Gasteiger partial charge in [0, 0.05) is 30.7 Å². The molecule has 1 amide bonds. The van der Waals surface area contributed by atoms with Crippen molar-refractivity contribution >= 4 is 46.8 Å². The maximum atomic E-state index is 13.5. The summed E-state index contributed by atoms with van der Waals surface area (Å²) in [6, 6.07) is 4.32. The predicted molar refractivity (Wildman–Crippen MR) is 145 cm³/mol. The monoisotopic (exact) mass is 616 g/mol. The Morgan fingerprint density at radius 2 is 1.80 bits per heavy atom. The van der Waals surface area contributed by atoms with Gasteiger partial charge in [0.05, 0.1) is 6.61 Å². The van der Waals surface area contributed by atoms with Crippen LogP contribution < -0.4 is 14.2 Å². The van der Waals surface area contributed by atoms with E-state index in [0.717, 1.165) is 38.1 Å². The van der Waals surface area contributed by atoms with Gasteiger partial charge in [-0.3, -0.25) is 4.79 Å². The third-order valence-corrected chi connectivity index (χ3v) is 8.84. The van der Waals surface area contributed by atoms with Gasteiger partial charge in [0.2, 0.25) is 5.91 Å². The summed E-state index contributed by atoms with van der Waals surface area (Å²) in [5, 5.41) is 11.1. The van der Waals surface area contributed by atoms with Crippen LogP contribution >= 0.6 is 35.0 Å². The number of ether oxygens (including phenoxy) is 3. The van der Waals surface area contributed by atoms with Crippen LogP contribution in [0.4, 0.5) is 8.78 Å². The molecule has 13 heteroatoms. The SMILES string of the molecule is O=C(O[C@@H](Cc1c(Cl)c[n+]([O-])cc1Cl)c1ccc(OC(F)F)c(OCC2CC2)c1)[C@@H]1SCCN1C(=O)CC1CC1. The van der Waals surface area contributed by atoms with Crippen molar-refractivity contribution in [3.63, 3.8) is 0 Å². The van der Waals surface area contributed by atoms with Crippen LogP contribution in [0.25, 0.3) is 0 Å². The van der Waals surface area contributed by atoms with E-state index in [1.807, 2.05) is 0 Å². The largest absolute Gasteiger partial charge is 0.619 e. The van der Waals surface area contributed by atoms with Gasteiger partial charge in [0.1, 0.15) is 16.1 Å². The van der Waals surface area contributed by atoms with E-state index in [9.17, 15) is 23.6 Å². The minimum absolute atomic E-state index is 0.0191. The van der Waals surface area contributed by atoms with Crippen LogP contribution in [-0.2, 0) is 20.7 Å². The van der Waals surface area contributed by atoms with Crippen molar-refractivity contribution in [1.29, 1.82) is 0 Å². The molecule has 0 N–H and O–H groups in total. The summed E-state index contributed by atoms with van der Waals surface area (Å²) in [4.78, 5) is 27.8. The van der Waals surface area contributed by atoms with Gasteiger partial charge < -0.3 is 24.3 Å². The molecule has 3 aliphatic rings. The molecule has 2 atom stereocenters. The third-order valence-electron chi connectivity index (χ3n) is 7.01. The molecule has 0 radical (unpaired) electrons. The second-order valence-electron chi connectivity index (χ2n) is 10.2. The van der Waals surface area contributed by atoms with E-state index in [2.05, 4.69) is 4.74 Å². The molecule has 0 spiro atoms. The number of pyridine rings is 1. The number of carbonyl (C=O) groups excluding carboxylic acids is 2. The summed E-state index contributed by atoms with van der Waals surface area (Å²) < 4.78 is 43.0. The molecule has 1 aliphatic heterocycles. The normalized spacial score (nSPS) is 19.5. The maximum Gasteiger partial charge on any atom is 0.387 e. The van der Waals surface area contributed by atoms with E-state index in [4.69, 9.17) is 32.7 Å². The smallest absolute Gasteiger partial charge is 0.387 e. The lowest BCUT2D eigenvalue weighted by Gasteiger charge is -2.26. The minimum atomic E-state index is -3.05. The predicted octanol–water partition coefficient (Wildman–Crippen LogP) is 5.55. The number of carbonyl (C=O) groups is 2. The van der Waals surface area contributed by atoms with E-state index in [1.165, 1.54) is 30.0 Å². The second kappa shape index (κ2) is 12.6. The fraction of sp³-hybridized carbons (Fsp3) is 0.519. The Hall–Kier alpha value is -2.50. The Labute approximate surface area is 244 Å². The van der Waals surface area contributed by atoms with Crippen LogP contribution in [0.3, 0.4) is 0 Å². The van der Waals surface area contributed by atoms with Crippen LogP contribution in [0.5, 0.6) is 11.5 Å². The summed E-state index contributed by atoms with van der Waals surface area (Å²) in [6.07, 6.45) is 5.68. The third kappa shape index (κ3) is 7.41. The highest BCUT2D eigenvalue weighted by molar-refractivity contribution is 8.00. The molecule has 216 valence electrons. The first-order valence-electron chi connectivity index (χ1n) is 13.1. The molecule has 2 heterocycles. The lowest BCUT2D eigenvalue weighted by molar-refractivity contribution is -0.605. The number of amides is 1. The van der Waals surface area contributed by atoms with Crippen LogP contribution in [0.1, 0.15) is 49.3 Å². The molecule has 1 saturated heterocycles. The number of rotatable bonds is 12. The van der Waals surface area contributed by atoms with Crippen molar-refractivity contribution in [3.8, 4) is 11.5 Å². The lowest BCUT2D eigenvalue weighted by Crippen LogP contribution is -2.41. The van der Waals surface area contributed by atoms with Crippen LogP contribution in [0.2, 0.25) is 10.0 Å². The number of hydrogen-bond donors (Lipinski definition) is 0. The number of esters is 1. The maximum absolute atomic E-state index is 13.5. The van der Waals surface area contributed by atoms with Gasteiger partial charge >= 0.3 is 12.6 Å². The standard InChI is InChI=1S/C27H28Cl2F2N2O6S/c28-19-12-32(36)13-20(29)18(19)11-22(38-26(35)25-33(7-8-40-25)24(34)9-15-1-2-15)17-5-6-21(39-27(30)31)23(10-17)37-14-16-3-4-16/h5-6,10,12-13,15-16,22,25,27H,1-4,7-9,11,14H2/t22-,25-/m0/s1. The highest BCUT2D eigenvalue weighted by Crippen LogP contribution is 2.39. The van der Waals surface area contributed by atoms with Crippen molar-refractivity contribution in [3.05, 3.63) is 57.0 Å². The van der Waals surface area contributed by atoms with Crippen molar-refractivity contribution < 1.29 is 37.3 Å². The first-order chi connectivity index (χ1) is 19.2. The number of benzene rings is 1.